The van der Waals surface area contributed by atoms with Crippen LogP contribution in [-0.2, 0) is 14.2 Å². The molecule has 5 heteroatoms. The largest absolute Gasteiger partial charge is 0.494 e. The quantitative estimate of drug-likeness (QED) is 0.473. The van der Waals surface area contributed by atoms with Gasteiger partial charge in [0.1, 0.15) is 5.75 Å². The molecule has 0 amide bonds. The van der Waals surface area contributed by atoms with Crippen LogP contribution in [0.4, 0.5) is 0 Å². The average molecular weight is 325 g/mol. The van der Waals surface area contributed by atoms with E-state index in [2.05, 4.69) is 12.2 Å². The van der Waals surface area contributed by atoms with E-state index in [1.807, 2.05) is 30.3 Å². The average Bonchev–Trinajstić information content (AvgIpc) is 2.59. The Balaban J connectivity index is 1.72. The summed E-state index contributed by atoms with van der Waals surface area (Å²) in [6, 6.07) is 9.82. The van der Waals surface area contributed by atoms with Crippen molar-refractivity contribution in [1.29, 1.82) is 0 Å². The molecule has 0 bridgehead atoms. The molecule has 1 aromatic carbocycles. The molecular formula is C18H31NO4. The molecule has 0 radical (unpaired) electrons. The molecule has 0 aliphatic heterocycles. The smallest absolute Gasteiger partial charge is 0.119 e. The van der Waals surface area contributed by atoms with Crippen LogP contribution in [0.2, 0.25) is 0 Å². The van der Waals surface area contributed by atoms with Crippen molar-refractivity contribution in [3.63, 3.8) is 0 Å². The van der Waals surface area contributed by atoms with Gasteiger partial charge in [-0.15, -0.1) is 0 Å². The summed E-state index contributed by atoms with van der Waals surface area (Å²) < 4.78 is 21.9. The van der Waals surface area contributed by atoms with Crippen molar-refractivity contribution in [3.05, 3.63) is 30.3 Å². The third-order valence-corrected chi connectivity index (χ3v) is 3.04. The van der Waals surface area contributed by atoms with Crippen LogP contribution in [0.1, 0.15) is 19.8 Å². The van der Waals surface area contributed by atoms with E-state index in [-0.39, 0.29) is 0 Å². The zero-order valence-electron chi connectivity index (χ0n) is 14.3. The standard InChI is InChI=1S/C18H31NO4/c1-2-9-19-10-13-21-15-17-22-16-14-20-11-6-12-23-18-7-4-3-5-8-18/h3-5,7-8,19H,2,6,9-17H2,1H3. The van der Waals surface area contributed by atoms with E-state index < -0.39 is 0 Å². The first-order valence-electron chi connectivity index (χ1n) is 8.55. The summed E-state index contributed by atoms with van der Waals surface area (Å²) in [6.45, 7) is 8.69. The van der Waals surface area contributed by atoms with E-state index in [9.17, 15) is 0 Å². The molecule has 23 heavy (non-hydrogen) atoms. The molecular weight excluding hydrogens is 294 g/mol. The molecule has 5 nitrogen and oxygen atoms in total. The Morgan fingerprint density at radius 1 is 0.739 bits per heavy atom. The molecule has 1 rings (SSSR count). The van der Waals surface area contributed by atoms with Crippen LogP contribution in [0, 0.1) is 0 Å². The first kappa shape index (κ1) is 19.9. The van der Waals surface area contributed by atoms with E-state index in [0.29, 0.717) is 39.6 Å². The van der Waals surface area contributed by atoms with Crippen LogP contribution in [0.25, 0.3) is 0 Å². The van der Waals surface area contributed by atoms with E-state index in [4.69, 9.17) is 18.9 Å². The lowest BCUT2D eigenvalue weighted by atomic mass is 10.3. The third-order valence-electron chi connectivity index (χ3n) is 3.04. The summed E-state index contributed by atoms with van der Waals surface area (Å²) in [5.74, 6) is 0.903. The number of rotatable bonds is 16. The molecule has 0 aromatic heterocycles. The highest BCUT2D eigenvalue weighted by atomic mass is 16.5. The summed E-state index contributed by atoms with van der Waals surface area (Å²) in [5.41, 5.74) is 0. The van der Waals surface area contributed by atoms with Gasteiger partial charge in [0, 0.05) is 19.6 Å². The van der Waals surface area contributed by atoms with Gasteiger partial charge in [0.25, 0.3) is 0 Å². The molecule has 0 aliphatic carbocycles. The zero-order chi connectivity index (χ0) is 16.4. The predicted octanol–water partition coefficient (Wildman–Crippen LogP) is 2.50. The zero-order valence-corrected chi connectivity index (χ0v) is 14.3. The summed E-state index contributed by atoms with van der Waals surface area (Å²) in [4.78, 5) is 0. The van der Waals surface area contributed by atoms with Gasteiger partial charge in [-0.05, 0) is 25.1 Å². The number of nitrogens with one attached hydrogen (secondary N) is 1. The Bertz CT molecular complexity index is 348. The van der Waals surface area contributed by atoms with Crippen LogP contribution < -0.4 is 10.1 Å². The van der Waals surface area contributed by atoms with Crippen LogP contribution >= 0.6 is 0 Å². The molecule has 0 atom stereocenters. The number of benzene rings is 1. The maximum atomic E-state index is 5.58. The lowest BCUT2D eigenvalue weighted by Crippen LogP contribution is -2.21. The van der Waals surface area contributed by atoms with Crippen molar-refractivity contribution in [3.8, 4) is 5.75 Å². The Kier molecular flexibility index (Phi) is 13.6. The summed E-state index contributed by atoms with van der Waals surface area (Å²) in [6.07, 6.45) is 2.03. The van der Waals surface area contributed by atoms with Crippen molar-refractivity contribution in [1.82, 2.24) is 5.32 Å². The van der Waals surface area contributed by atoms with E-state index in [1.54, 1.807) is 0 Å². The van der Waals surface area contributed by atoms with Gasteiger partial charge in [-0.3, -0.25) is 0 Å². The first-order valence-corrected chi connectivity index (χ1v) is 8.55. The second kappa shape index (κ2) is 15.7. The maximum absolute atomic E-state index is 5.58. The molecule has 1 aromatic rings. The molecule has 1 N–H and O–H groups in total. The van der Waals surface area contributed by atoms with Crippen molar-refractivity contribution in [2.45, 2.75) is 19.8 Å². The van der Waals surface area contributed by atoms with Gasteiger partial charge in [-0.2, -0.15) is 0 Å². The number of hydrogen-bond acceptors (Lipinski definition) is 5. The SMILES string of the molecule is CCCNCCOCCOCCOCCCOc1ccccc1. The molecule has 0 saturated carbocycles. The van der Waals surface area contributed by atoms with Crippen molar-refractivity contribution in [2.75, 3.05) is 59.3 Å². The van der Waals surface area contributed by atoms with Gasteiger partial charge < -0.3 is 24.3 Å². The van der Waals surface area contributed by atoms with Gasteiger partial charge in [0.05, 0.1) is 39.6 Å². The molecule has 0 heterocycles. The Hall–Kier alpha value is -1.14. The van der Waals surface area contributed by atoms with Gasteiger partial charge >= 0.3 is 0 Å². The Labute approximate surface area is 140 Å². The summed E-state index contributed by atoms with van der Waals surface area (Å²) >= 11 is 0. The molecule has 0 saturated heterocycles. The van der Waals surface area contributed by atoms with Crippen molar-refractivity contribution < 1.29 is 18.9 Å². The van der Waals surface area contributed by atoms with Crippen LogP contribution in [0.15, 0.2) is 30.3 Å². The van der Waals surface area contributed by atoms with Crippen LogP contribution in [0.5, 0.6) is 5.75 Å². The second-order valence-electron chi connectivity index (χ2n) is 5.10. The Morgan fingerprint density at radius 2 is 1.39 bits per heavy atom. The third kappa shape index (κ3) is 13.0. The summed E-state index contributed by atoms with van der Waals surface area (Å²) in [7, 11) is 0. The highest BCUT2D eigenvalue weighted by Crippen LogP contribution is 2.08. The topological polar surface area (TPSA) is 49.0 Å². The molecule has 0 spiro atoms. The number of para-hydroxylation sites is 1. The van der Waals surface area contributed by atoms with Crippen molar-refractivity contribution >= 4 is 0 Å². The van der Waals surface area contributed by atoms with Gasteiger partial charge in [-0.1, -0.05) is 25.1 Å². The minimum absolute atomic E-state index is 0.608. The van der Waals surface area contributed by atoms with Crippen LogP contribution in [-0.4, -0.2) is 59.3 Å². The molecule has 0 fully saturated rings. The fraction of sp³-hybridized carbons (Fsp3) is 0.667. The van der Waals surface area contributed by atoms with Crippen molar-refractivity contribution in [2.24, 2.45) is 0 Å². The maximum Gasteiger partial charge on any atom is 0.119 e. The second-order valence-corrected chi connectivity index (χ2v) is 5.10. The van der Waals surface area contributed by atoms with Crippen LogP contribution in [0.3, 0.4) is 0 Å². The summed E-state index contributed by atoms with van der Waals surface area (Å²) in [5, 5.41) is 3.28. The number of hydrogen-bond donors (Lipinski definition) is 1. The highest BCUT2D eigenvalue weighted by Gasteiger charge is 1.94. The fourth-order valence-corrected chi connectivity index (χ4v) is 1.86. The monoisotopic (exact) mass is 325 g/mol. The molecule has 0 aliphatic rings. The lowest BCUT2D eigenvalue weighted by Gasteiger charge is -2.08. The normalized spacial score (nSPS) is 10.8. The van der Waals surface area contributed by atoms with E-state index >= 15 is 0 Å². The predicted molar refractivity (Wildman–Crippen MR) is 92.2 cm³/mol. The van der Waals surface area contributed by atoms with E-state index in [0.717, 1.165) is 38.3 Å². The molecule has 132 valence electrons. The van der Waals surface area contributed by atoms with E-state index in [1.165, 1.54) is 0 Å². The minimum Gasteiger partial charge on any atom is -0.494 e. The first-order chi connectivity index (χ1) is 11.4. The van der Waals surface area contributed by atoms with Gasteiger partial charge in [0.15, 0.2) is 0 Å². The van der Waals surface area contributed by atoms with Gasteiger partial charge in [-0.25, -0.2) is 0 Å². The minimum atomic E-state index is 0.608. The lowest BCUT2D eigenvalue weighted by molar-refractivity contribution is 0.0133. The highest BCUT2D eigenvalue weighted by molar-refractivity contribution is 5.20. The fourth-order valence-electron chi connectivity index (χ4n) is 1.86. The Morgan fingerprint density at radius 3 is 2.09 bits per heavy atom. The number of ether oxygens (including phenoxy) is 4. The van der Waals surface area contributed by atoms with Gasteiger partial charge in [0.2, 0.25) is 0 Å². The molecule has 0 unspecified atom stereocenters.